The summed E-state index contributed by atoms with van der Waals surface area (Å²) < 4.78 is 10.8. The summed E-state index contributed by atoms with van der Waals surface area (Å²) in [5.41, 5.74) is 1.20. The number of aryl methyl sites for hydroxylation is 2. The molecular weight excluding hydrogens is 320 g/mol. The molecule has 2 aliphatic carbocycles. The lowest BCUT2D eigenvalue weighted by molar-refractivity contribution is 0.0882. The Bertz CT molecular complexity index is 744. The van der Waals surface area contributed by atoms with Crippen LogP contribution in [0.25, 0.3) is 0 Å². The lowest BCUT2D eigenvalue weighted by Gasteiger charge is -2.36. The van der Waals surface area contributed by atoms with Crippen LogP contribution in [-0.2, 0) is 12.8 Å². The van der Waals surface area contributed by atoms with Crippen molar-refractivity contribution in [1.29, 1.82) is 0 Å². The van der Waals surface area contributed by atoms with Gasteiger partial charge in [-0.15, -0.1) is 0 Å². The molecule has 0 aliphatic heterocycles. The fourth-order valence-electron chi connectivity index (χ4n) is 3.45. The Morgan fingerprint density at radius 1 is 1.20 bits per heavy atom. The summed E-state index contributed by atoms with van der Waals surface area (Å²) in [7, 11) is 1.58. The van der Waals surface area contributed by atoms with Gasteiger partial charge in [0, 0.05) is 24.6 Å². The van der Waals surface area contributed by atoms with Crippen molar-refractivity contribution in [2.45, 2.75) is 50.6 Å². The molecule has 1 amide bonds. The highest BCUT2D eigenvalue weighted by atomic mass is 16.5. The number of nitrogens with zero attached hydrogens (tertiary/aromatic N) is 2. The minimum absolute atomic E-state index is 0.110. The number of rotatable bonds is 5. The zero-order valence-corrected chi connectivity index (χ0v) is 14.2. The Hall–Kier alpha value is -2.57. The molecule has 7 heteroatoms. The summed E-state index contributed by atoms with van der Waals surface area (Å²) in [6.07, 6.45) is 7.47. The molecule has 4 rings (SSSR count). The monoisotopic (exact) mass is 342 g/mol. The minimum atomic E-state index is -0.110. The number of nitrogens with one attached hydrogen (secondary N) is 2. The van der Waals surface area contributed by atoms with Crippen LogP contribution in [0.2, 0.25) is 0 Å². The predicted octanol–water partition coefficient (Wildman–Crippen LogP) is 2.33. The van der Waals surface area contributed by atoms with Gasteiger partial charge < -0.3 is 19.8 Å². The number of carbonyl (C=O) groups excluding carboxylic acids is 1. The summed E-state index contributed by atoms with van der Waals surface area (Å²) in [5.74, 6) is 2.59. The van der Waals surface area contributed by atoms with E-state index >= 15 is 0 Å². The molecule has 2 aliphatic rings. The third kappa shape index (κ3) is 3.45. The third-order valence-electron chi connectivity index (χ3n) is 4.90. The number of anilines is 1. The molecule has 1 saturated carbocycles. The third-order valence-corrected chi connectivity index (χ3v) is 4.90. The first-order valence-corrected chi connectivity index (χ1v) is 8.76. The molecule has 2 N–H and O–H groups in total. The normalized spacial score (nSPS) is 21.8. The summed E-state index contributed by atoms with van der Waals surface area (Å²) >= 11 is 0. The Balaban J connectivity index is 1.28. The van der Waals surface area contributed by atoms with E-state index in [9.17, 15) is 4.79 Å². The fraction of sp³-hybridized carbons (Fsp3) is 0.500. The highest BCUT2D eigenvalue weighted by Crippen LogP contribution is 2.27. The summed E-state index contributed by atoms with van der Waals surface area (Å²) in [4.78, 5) is 20.5. The minimum Gasteiger partial charge on any atom is -0.481 e. The molecule has 7 nitrogen and oxygen atoms in total. The van der Waals surface area contributed by atoms with E-state index in [2.05, 4.69) is 20.6 Å². The Kier molecular flexibility index (Phi) is 4.29. The highest BCUT2D eigenvalue weighted by Gasteiger charge is 2.31. The van der Waals surface area contributed by atoms with E-state index in [0.29, 0.717) is 11.6 Å². The highest BCUT2D eigenvalue weighted by molar-refractivity contribution is 5.92. The van der Waals surface area contributed by atoms with Crippen LogP contribution >= 0.6 is 0 Å². The van der Waals surface area contributed by atoms with Gasteiger partial charge in [0.1, 0.15) is 17.9 Å². The van der Waals surface area contributed by atoms with Crippen LogP contribution in [0.3, 0.4) is 0 Å². The second-order valence-corrected chi connectivity index (χ2v) is 6.69. The average Bonchev–Trinajstić information content (AvgIpc) is 3.04. The number of fused-ring (bicyclic) bond motifs is 1. The number of hydrogen-bond acceptors (Lipinski definition) is 6. The summed E-state index contributed by atoms with van der Waals surface area (Å²) in [6.45, 7) is 0. The predicted molar refractivity (Wildman–Crippen MR) is 91.8 cm³/mol. The number of hydrogen-bond donors (Lipinski definition) is 2. The van der Waals surface area contributed by atoms with Crippen molar-refractivity contribution in [2.24, 2.45) is 0 Å². The van der Waals surface area contributed by atoms with Crippen LogP contribution in [0, 0.1) is 0 Å². The Labute approximate surface area is 146 Å². The second kappa shape index (κ2) is 6.74. The van der Waals surface area contributed by atoms with Crippen molar-refractivity contribution in [3.05, 3.63) is 35.5 Å². The summed E-state index contributed by atoms with van der Waals surface area (Å²) in [6, 6.07) is 4.12. The first kappa shape index (κ1) is 15.9. The van der Waals surface area contributed by atoms with Crippen LogP contribution < -0.4 is 15.4 Å². The van der Waals surface area contributed by atoms with Gasteiger partial charge in [-0.05, 0) is 43.7 Å². The van der Waals surface area contributed by atoms with Gasteiger partial charge >= 0.3 is 0 Å². The van der Waals surface area contributed by atoms with Gasteiger partial charge in [-0.3, -0.25) is 4.79 Å². The molecule has 132 valence electrons. The topological polar surface area (TPSA) is 89.3 Å². The molecule has 2 aromatic heterocycles. The first-order chi connectivity index (χ1) is 12.2. The van der Waals surface area contributed by atoms with Gasteiger partial charge in [-0.2, -0.15) is 0 Å². The second-order valence-electron chi connectivity index (χ2n) is 6.69. The molecule has 25 heavy (non-hydrogen) atoms. The van der Waals surface area contributed by atoms with Crippen LogP contribution in [0.15, 0.2) is 22.9 Å². The fourth-order valence-corrected chi connectivity index (χ4v) is 3.45. The molecule has 0 unspecified atom stereocenters. The largest absolute Gasteiger partial charge is 0.481 e. The Morgan fingerprint density at radius 3 is 2.84 bits per heavy atom. The van der Waals surface area contributed by atoms with Crippen molar-refractivity contribution < 1.29 is 13.9 Å². The number of carbonyl (C=O) groups is 1. The molecule has 0 atom stereocenters. The first-order valence-electron chi connectivity index (χ1n) is 8.76. The SMILES string of the molecule is COc1cc(NC2CC(NC(=O)c3cc4c(o3)CCCC4)C2)ncn1. The number of ether oxygens (including phenoxy) is 1. The van der Waals surface area contributed by atoms with Crippen molar-refractivity contribution >= 4 is 11.7 Å². The molecular formula is C18H22N4O3. The molecule has 0 saturated heterocycles. The van der Waals surface area contributed by atoms with Gasteiger partial charge in [0.05, 0.1) is 7.11 Å². The maximum absolute atomic E-state index is 12.4. The molecule has 1 fully saturated rings. The molecule has 0 radical (unpaired) electrons. The molecule has 2 aromatic rings. The lowest BCUT2D eigenvalue weighted by Crippen LogP contribution is -2.49. The zero-order chi connectivity index (χ0) is 17.2. The van der Waals surface area contributed by atoms with Crippen molar-refractivity contribution in [3.8, 4) is 5.88 Å². The van der Waals surface area contributed by atoms with Crippen molar-refractivity contribution in [1.82, 2.24) is 15.3 Å². The van der Waals surface area contributed by atoms with Crippen molar-refractivity contribution in [2.75, 3.05) is 12.4 Å². The maximum atomic E-state index is 12.4. The van der Waals surface area contributed by atoms with E-state index in [0.717, 1.165) is 43.7 Å². The van der Waals surface area contributed by atoms with E-state index in [-0.39, 0.29) is 18.0 Å². The quantitative estimate of drug-likeness (QED) is 0.867. The Morgan fingerprint density at radius 2 is 2.04 bits per heavy atom. The number of aromatic nitrogens is 2. The van der Waals surface area contributed by atoms with Crippen LogP contribution in [0.1, 0.15) is 47.6 Å². The smallest absolute Gasteiger partial charge is 0.287 e. The van der Waals surface area contributed by atoms with E-state index in [1.165, 1.54) is 18.3 Å². The maximum Gasteiger partial charge on any atom is 0.287 e. The van der Waals surface area contributed by atoms with Gasteiger partial charge in [-0.1, -0.05) is 0 Å². The zero-order valence-electron chi connectivity index (χ0n) is 14.2. The molecule has 2 heterocycles. The van der Waals surface area contributed by atoms with Crippen molar-refractivity contribution in [3.63, 3.8) is 0 Å². The number of methoxy groups -OCH3 is 1. The van der Waals surface area contributed by atoms with E-state index in [1.807, 2.05) is 6.07 Å². The van der Waals surface area contributed by atoms with Crippen LogP contribution in [0.5, 0.6) is 5.88 Å². The number of furan rings is 1. The van der Waals surface area contributed by atoms with Gasteiger partial charge in [0.25, 0.3) is 5.91 Å². The molecule has 0 bridgehead atoms. The van der Waals surface area contributed by atoms with Crippen LogP contribution in [0.4, 0.5) is 5.82 Å². The standard InChI is InChI=1S/C18H22N4O3/c1-24-17-9-16(19-10-20-17)21-12-7-13(8-12)22-18(23)15-6-11-4-2-3-5-14(11)25-15/h6,9-10,12-13H,2-5,7-8H2,1H3,(H,22,23)(H,19,20,21). The van der Waals surface area contributed by atoms with E-state index in [4.69, 9.17) is 9.15 Å². The van der Waals surface area contributed by atoms with E-state index < -0.39 is 0 Å². The van der Waals surface area contributed by atoms with Gasteiger partial charge in [-0.25, -0.2) is 9.97 Å². The van der Waals surface area contributed by atoms with Crippen LogP contribution in [-0.4, -0.2) is 35.1 Å². The summed E-state index contributed by atoms with van der Waals surface area (Å²) in [5, 5.41) is 6.38. The van der Waals surface area contributed by atoms with Gasteiger partial charge in [0.2, 0.25) is 5.88 Å². The number of amides is 1. The van der Waals surface area contributed by atoms with E-state index in [1.54, 1.807) is 13.2 Å². The lowest BCUT2D eigenvalue weighted by atomic mass is 9.86. The molecule has 0 spiro atoms. The molecule has 0 aromatic carbocycles. The van der Waals surface area contributed by atoms with Gasteiger partial charge in [0.15, 0.2) is 5.76 Å². The average molecular weight is 342 g/mol.